The topological polar surface area (TPSA) is 90.1 Å². The molecule has 0 spiro atoms. The minimum atomic E-state index is -0.629. The van der Waals surface area contributed by atoms with Crippen molar-refractivity contribution in [3.8, 4) is 17.2 Å². The predicted molar refractivity (Wildman–Crippen MR) is 40.9 cm³/mol. The van der Waals surface area contributed by atoms with Gasteiger partial charge in [0.1, 0.15) is 6.54 Å². The van der Waals surface area contributed by atoms with Crippen LogP contribution in [0.3, 0.4) is 0 Å². The first-order chi connectivity index (χ1) is 5.66. The van der Waals surface area contributed by atoms with Gasteiger partial charge in [0, 0.05) is 5.56 Å². The standard InChI is InChI=1S/C7H7NO4/c9-5-2-1-4(3-8-12)6(10)7(5)11/h1-2,9-11H,3H2. The molecule has 0 saturated heterocycles. The zero-order valence-corrected chi connectivity index (χ0v) is 6.06. The van der Waals surface area contributed by atoms with Gasteiger partial charge < -0.3 is 15.3 Å². The number of hydrogen-bond acceptors (Lipinski definition) is 5. The SMILES string of the molecule is O=NCc1ccc(O)c(O)c1O. The lowest BCUT2D eigenvalue weighted by Crippen LogP contribution is -1.82. The second-order valence-corrected chi connectivity index (χ2v) is 2.23. The zero-order chi connectivity index (χ0) is 9.14. The van der Waals surface area contributed by atoms with Crippen LogP contribution in [0.2, 0.25) is 0 Å². The van der Waals surface area contributed by atoms with E-state index in [9.17, 15) is 4.91 Å². The number of aromatic hydroxyl groups is 3. The lowest BCUT2D eigenvalue weighted by Gasteiger charge is -2.03. The van der Waals surface area contributed by atoms with Crippen LogP contribution >= 0.6 is 0 Å². The molecule has 0 amide bonds. The molecule has 0 bridgehead atoms. The molecule has 0 aliphatic heterocycles. The van der Waals surface area contributed by atoms with Crippen LogP contribution in [0, 0.1) is 4.91 Å². The van der Waals surface area contributed by atoms with Crippen molar-refractivity contribution in [1.29, 1.82) is 0 Å². The van der Waals surface area contributed by atoms with Gasteiger partial charge in [-0.25, -0.2) is 0 Å². The fourth-order valence-electron chi connectivity index (χ4n) is 0.808. The maximum Gasteiger partial charge on any atom is 0.200 e. The number of hydrogen-bond donors (Lipinski definition) is 3. The van der Waals surface area contributed by atoms with Gasteiger partial charge in [-0.3, -0.25) is 0 Å². The summed E-state index contributed by atoms with van der Waals surface area (Å²) >= 11 is 0. The van der Waals surface area contributed by atoms with Crippen LogP contribution in [0.15, 0.2) is 17.3 Å². The fraction of sp³-hybridized carbons (Fsp3) is 0.143. The molecule has 0 atom stereocenters. The molecule has 0 aliphatic rings. The van der Waals surface area contributed by atoms with Crippen molar-refractivity contribution < 1.29 is 15.3 Å². The smallest absolute Gasteiger partial charge is 0.200 e. The zero-order valence-electron chi connectivity index (χ0n) is 6.06. The summed E-state index contributed by atoms with van der Waals surface area (Å²) in [5.41, 5.74) is 0.181. The second-order valence-electron chi connectivity index (χ2n) is 2.23. The minimum absolute atomic E-state index is 0.181. The number of phenols is 3. The van der Waals surface area contributed by atoms with Crippen molar-refractivity contribution in [1.82, 2.24) is 0 Å². The third-order valence-electron chi connectivity index (χ3n) is 1.45. The van der Waals surface area contributed by atoms with E-state index in [0.717, 1.165) is 0 Å². The number of nitroso groups, excluding NO2 is 1. The largest absolute Gasteiger partial charge is 0.504 e. The van der Waals surface area contributed by atoms with E-state index in [1.807, 2.05) is 0 Å². The molecule has 0 saturated carbocycles. The molecular formula is C7H7NO4. The van der Waals surface area contributed by atoms with E-state index < -0.39 is 17.2 Å². The summed E-state index contributed by atoms with van der Waals surface area (Å²) < 4.78 is 0. The fourth-order valence-corrected chi connectivity index (χ4v) is 0.808. The highest BCUT2D eigenvalue weighted by Gasteiger charge is 2.10. The molecule has 0 aliphatic carbocycles. The Hall–Kier alpha value is -1.78. The average molecular weight is 169 g/mol. The highest BCUT2D eigenvalue weighted by atomic mass is 16.3. The molecule has 0 heterocycles. The number of nitrogens with zero attached hydrogens (tertiary/aromatic N) is 1. The van der Waals surface area contributed by atoms with Gasteiger partial charge in [-0.05, 0) is 12.1 Å². The lowest BCUT2D eigenvalue weighted by molar-refractivity contribution is 0.365. The van der Waals surface area contributed by atoms with Gasteiger partial charge in [0.15, 0.2) is 11.5 Å². The molecule has 5 heteroatoms. The van der Waals surface area contributed by atoms with Crippen LogP contribution < -0.4 is 0 Å². The number of phenolic OH excluding ortho intramolecular Hbond substituents is 3. The molecular weight excluding hydrogens is 162 g/mol. The van der Waals surface area contributed by atoms with Crippen LogP contribution in [0.5, 0.6) is 17.2 Å². The maximum atomic E-state index is 9.82. The maximum absolute atomic E-state index is 9.82. The third-order valence-corrected chi connectivity index (χ3v) is 1.45. The Morgan fingerprint density at radius 3 is 2.42 bits per heavy atom. The molecule has 1 aromatic rings. The summed E-state index contributed by atoms with van der Waals surface area (Å²) in [5.74, 6) is -1.56. The van der Waals surface area contributed by atoms with Gasteiger partial charge in [0.2, 0.25) is 5.75 Å². The van der Waals surface area contributed by atoms with Crippen molar-refractivity contribution in [3.05, 3.63) is 22.6 Å². The molecule has 0 unspecified atom stereocenters. The van der Waals surface area contributed by atoms with E-state index in [-0.39, 0.29) is 12.1 Å². The Bertz CT molecular complexity index is 311. The van der Waals surface area contributed by atoms with Crippen LogP contribution in [0.25, 0.3) is 0 Å². The van der Waals surface area contributed by atoms with E-state index >= 15 is 0 Å². The van der Waals surface area contributed by atoms with E-state index in [4.69, 9.17) is 15.3 Å². The van der Waals surface area contributed by atoms with Crippen molar-refractivity contribution in [2.24, 2.45) is 5.18 Å². The molecule has 3 N–H and O–H groups in total. The molecule has 12 heavy (non-hydrogen) atoms. The molecule has 0 radical (unpaired) electrons. The Kier molecular flexibility index (Phi) is 2.14. The molecule has 64 valence electrons. The van der Waals surface area contributed by atoms with Crippen LogP contribution in [-0.4, -0.2) is 15.3 Å². The average Bonchev–Trinajstić information content (AvgIpc) is 2.07. The molecule has 1 aromatic carbocycles. The van der Waals surface area contributed by atoms with Crippen molar-refractivity contribution in [2.45, 2.75) is 6.54 Å². The van der Waals surface area contributed by atoms with Gasteiger partial charge in [0.25, 0.3) is 0 Å². The highest BCUT2D eigenvalue weighted by molar-refractivity contribution is 5.52. The van der Waals surface area contributed by atoms with E-state index in [1.54, 1.807) is 0 Å². The Balaban J connectivity index is 3.16. The monoisotopic (exact) mass is 169 g/mol. The summed E-state index contributed by atoms with van der Waals surface area (Å²) in [6.07, 6.45) is 0. The van der Waals surface area contributed by atoms with Crippen molar-refractivity contribution in [3.63, 3.8) is 0 Å². The van der Waals surface area contributed by atoms with Crippen molar-refractivity contribution in [2.75, 3.05) is 0 Å². The quantitative estimate of drug-likeness (QED) is 0.456. The Morgan fingerprint density at radius 1 is 1.17 bits per heavy atom. The van der Waals surface area contributed by atoms with Gasteiger partial charge in [-0.15, -0.1) is 0 Å². The van der Waals surface area contributed by atoms with Gasteiger partial charge >= 0.3 is 0 Å². The minimum Gasteiger partial charge on any atom is -0.504 e. The van der Waals surface area contributed by atoms with E-state index in [0.29, 0.717) is 0 Å². The predicted octanol–water partition coefficient (Wildman–Crippen LogP) is 1.07. The van der Waals surface area contributed by atoms with Gasteiger partial charge in [0.05, 0.1) is 0 Å². The summed E-state index contributed by atoms with van der Waals surface area (Å²) in [4.78, 5) is 9.82. The lowest BCUT2D eigenvalue weighted by atomic mass is 10.2. The molecule has 0 fully saturated rings. The van der Waals surface area contributed by atoms with Gasteiger partial charge in [-0.2, -0.15) is 4.91 Å². The van der Waals surface area contributed by atoms with E-state index in [1.165, 1.54) is 12.1 Å². The summed E-state index contributed by atoms with van der Waals surface area (Å²) in [6.45, 7) is -0.236. The van der Waals surface area contributed by atoms with Crippen molar-refractivity contribution >= 4 is 0 Å². The Labute approximate surface area is 67.9 Å². The Morgan fingerprint density at radius 2 is 1.83 bits per heavy atom. The highest BCUT2D eigenvalue weighted by Crippen LogP contribution is 2.37. The first-order valence-corrected chi connectivity index (χ1v) is 3.18. The molecule has 1 rings (SSSR count). The third kappa shape index (κ3) is 1.29. The normalized spacial score (nSPS) is 9.67. The van der Waals surface area contributed by atoms with Gasteiger partial charge in [-0.1, -0.05) is 5.18 Å². The number of rotatable bonds is 2. The van der Waals surface area contributed by atoms with E-state index in [2.05, 4.69) is 5.18 Å². The summed E-state index contributed by atoms with van der Waals surface area (Å²) in [6, 6.07) is 2.49. The molecule has 0 aromatic heterocycles. The second kappa shape index (κ2) is 3.08. The van der Waals surface area contributed by atoms with Crippen LogP contribution in [-0.2, 0) is 6.54 Å². The molecule has 5 nitrogen and oxygen atoms in total. The van der Waals surface area contributed by atoms with Crippen LogP contribution in [0.4, 0.5) is 0 Å². The first kappa shape index (κ1) is 8.32. The summed E-state index contributed by atoms with van der Waals surface area (Å²) in [5, 5.41) is 29.5. The van der Waals surface area contributed by atoms with Crippen LogP contribution in [0.1, 0.15) is 5.56 Å². The number of benzene rings is 1. The first-order valence-electron chi connectivity index (χ1n) is 3.18. The summed E-state index contributed by atoms with van der Waals surface area (Å²) in [7, 11) is 0.